The summed E-state index contributed by atoms with van der Waals surface area (Å²) in [6.45, 7) is 1.39. The van der Waals surface area contributed by atoms with Gasteiger partial charge in [-0.25, -0.2) is 4.79 Å². The Hall–Kier alpha value is -2.79. The molecular formula is C12H15N5O6. The van der Waals surface area contributed by atoms with E-state index in [1.165, 1.54) is 24.8 Å². The van der Waals surface area contributed by atoms with Crippen LogP contribution in [0.15, 0.2) is 22.0 Å². The molecule has 0 saturated carbocycles. The molecule has 2 aromatic rings. The first kappa shape index (κ1) is 16.6. The Morgan fingerprint density at radius 2 is 2.17 bits per heavy atom. The number of hydrogen-bond donors (Lipinski definition) is 2. The number of nitrogens with one attached hydrogen (secondary N) is 1. The van der Waals surface area contributed by atoms with Crippen LogP contribution in [0.4, 0.5) is 5.82 Å². The number of nitrogens with zero attached hydrogens (tertiary/aromatic N) is 4. The number of imidazole rings is 1. The third-order valence-corrected chi connectivity index (χ3v) is 3.07. The van der Waals surface area contributed by atoms with Gasteiger partial charge < -0.3 is 20.0 Å². The van der Waals surface area contributed by atoms with E-state index in [1.54, 1.807) is 0 Å². The Balaban J connectivity index is 2.49. The number of aryl methyl sites for hydroxylation is 1. The van der Waals surface area contributed by atoms with E-state index in [2.05, 4.69) is 9.97 Å². The maximum Gasteiger partial charge on any atom is 0.382 e. The second kappa shape index (κ2) is 6.54. The molecule has 1 atom stereocenters. The zero-order valence-electron chi connectivity index (χ0n) is 12.4. The average molecular weight is 325 g/mol. The van der Waals surface area contributed by atoms with E-state index < -0.39 is 28.1 Å². The molecule has 0 amide bonds. The molecule has 23 heavy (non-hydrogen) atoms. The monoisotopic (exact) mass is 325 g/mol. The molecule has 0 aliphatic carbocycles. The second-order valence-corrected chi connectivity index (χ2v) is 4.81. The molecule has 2 aromatic heterocycles. The first-order chi connectivity index (χ1) is 10.8. The molecule has 0 aliphatic rings. The third kappa shape index (κ3) is 3.52. The summed E-state index contributed by atoms with van der Waals surface area (Å²) >= 11 is 0. The third-order valence-electron chi connectivity index (χ3n) is 3.07. The van der Waals surface area contributed by atoms with Crippen LogP contribution in [-0.2, 0) is 11.3 Å². The fourth-order valence-corrected chi connectivity index (χ4v) is 2.07. The second-order valence-electron chi connectivity index (χ2n) is 4.81. The number of ether oxygens (including phenoxy) is 1. The van der Waals surface area contributed by atoms with Crippen molar-refractivity contribution in [2.45, 2.75) is 19.6 Å². The van der Waals surface area contributed by atoms with Crippen molar-refractivity contribution in [3.05, 3.63) is 49.2 Å². The minimum Gasteiger partial charge on any atom is -0.389 e. The maximum atomic E-state index is 12.0. The lowest BCUT2D eigenvalue weighted by molar-refractivity contribution is -0.389. The van der Waals surface area contributed by atoms with Crippen molar-refractivity contribution in [1.82, 2.24) is 19.1 Å². The Labute approximate surface area is 128 Å². The number of H-pyrrole nitrogens is 1. The molecule has 0 radical (unpaired) electrons. The van der Waals surface area contributed by atoms with E-state index in [4.69, 9.17) is 4.74 Å². The summed E-state index contributed by atoms with van der Waals surface area (Å²) in [7, 11) is 1.40. The fraction of sp³-hybridized carbons (Fsp3) is 0.417. The highest BCUT2D eigenvalue weighted by Crippen LogP contribution is 2.13. The van der Waals surface area contributed by atoms with Crippen molar-refractivity contribution in [2.24, 2.45) is 0 Å². The summed E-state index contributed by atoms with van der Waals surface area (Å²) < 4.78 is 7.07. The van der Waals surface area contributed by atoms with Crippen molar-refractivity contribution in [2.75, 3.05) is 13.7 Å². The minimum absolute atomic E-state index is 0.0104. The molecular weight excluding hydrogens is 310 g/mol. The Kier molecular flexibility index (Phi) is 4.71. The van der Waals surface area contributed by atoms with E-state index in [-0.39, 0.29) is 24.7 Å². The minimum atomic E-state index is -0.949. The summed E-state index contributed by atoms with van der Waals surface area (Å²) in [4.78, 5) is 39.6. The van der Waals surface area contributed by atoms with Crippen LogP contribution in [0.2, 0.25) is 0 Å². The largest absolute Gasteiger partial charge is 0.389 e. The van der Waals surface area contributed by atoms with Crippen molar-refractivity contribution in [3.63, 3.8) is 0 Å². The highest BCUT2D eigenvalue weighted by molar-refractivity contribution is 5.32. The zero-order chi connectivity index (χ0) is 17.1. The van der Waals surface area contributed by atoms with Gasteiger partial charge in [0, 0.05) is 20.2 Å². The SMILES string of the molecule is COCC(O)Cn1cc(-n2cc([N+](=O)[O-])nc2C)c(=O)[nH]c1=O. The number of aliphatic hydroxyl groups excluding tert-OH is 1. The van der Waals surface area contributed by atoms with Gasteiger partial charge in [0.15, 0.2) is 0 Å². The Morgan fingerprint density at radius 1 is 1.48 bits per heavy atom. The molecule has 11 nitrogen and oxygen atoms in total. The smallest absolute Gasteiger partial charge is 0.382 e. The lowest BCUT2D eigenvalue weighted by atomic mass is 10.3. The van der Waals surface area contributed by atoms with Gasteiger partial charge in [0.05, 0.1) is 19.3 Å². The van der Waals surface area contributed by atoms with Gasteiger partial charge in [-0.1, -0.05) is 0 Å². The number of methoxy groups -OCH3 is 1. The van der Waals surface area contributed by atoms with Crippen molar-refractivity contribution in [1.29, 1.82) is 0 Å². The van der Waals surface area contributed by atoms with Gasteiger partial charge in [0.1, 0.15) is 11.9 Å². The average Bonchev–Trinajstić information content (AvgIpc) is 2.84. The van der Waals surface area contributed by atoms with Gasteiger partial charge in [0.2, 0.25) is 5.82 Å². The number of rotatable bonds is 6. The molecule has 0 saturated heterocycles. The van der Waals surface area contributed by atoms with Gasteiger partial charge in [-0.15, -0.1) is 0 Å². The van der Waals surface area contributed by atoms with Crippen LogP contribution in [0, 0.1) is 17.0 Å². The summed E-state index contributed by atoms with van der Waals surface area (Å²) in [5, 5.41) is 20.5. The van der Waals surface area contributed by atoms with Crippen LogP contribution in [0.1, 0.15) is 5.82 Å². The predicted molar refractivity (Wildman–Crippen MR) is 77.7 cm³/mol. The van der Waals surface area contributed by atoms with Crippen molar-refractivity contribution in [3.8, 4) is 5.69 Å². The molecule has 1 unspecified atom stereocenters. The summed E-state index contributed by atoms with van der Waals surface area (Å²) in [5.41, 5.74) is -1.45. The van der Waals surface area contributed by atoms with Crippen LogP contribution in [-0.4, -0.2) is 49.0 Å². The maximum absolute atomic E-state index is 12.0. The van der Waals surface area contributed by atoms with Gasteiger partial charge in [-0.2, -0.15) is 0 Å². The number of aliphatic hydroxyl groups is 1. The number of aromatic amines is 1. The van der Waals surface area contributed by atoms with Crippen LogP contribution in [0.25, 0.3) is 5.69 Å². The van der Waals surface area contributed by atoms with E-state index in [9.17, 15) is 24.8 Å². The molecule has 0 spiro atoms. The van der Waals surface area contributed by atoms with Crippen LogP contribution < -0.4 is 11.2 Å². The van der Waals surface area contributed by atoms with Gasteiger partial charge >= 0.3 is 11.5 Å². The van der Waals surface area contributed by atoms with Crippen molar-refractivity contribution >= 4 is 5.82 Å². The van der Waals surface area contributed by atoms with Gasteiger partial charge in [0.25, 0.3) is 5.56 Å². The van der Waals surface area contributed by atoms with E-state index in [0.717, 1.165) is 10.8 Å². The van der Waals surface area contributed by atoms with Gasteiger partial charge in [-0.05, 0) is 9.91 Å². The molecule has 2 rings (SSSR count). The normalized spacial score (nSPS) is 12.3. The van der Waals surface area contributed by atoms with Gasteiger partial charge in [-0.3, -0.25) is 18.9 Å². The highest BCUT2D eigenvalue weighted by Gasteiger charge is 2.19. The van der Waals surface area contributed by atoms with Crippen LogP contribution >= 0.6 is 0 Å². The Morgan fingerprint density at radius 3 is 2.74 bits per heavy atom. The molecule has 11 heteroatoms. The fourth-order valence-electron chi connectivity index (χ4n) is 2.07. The number of aromatic nitrogens is 4. The van der Waals surface area contributed by atoms with E-state index in [0.29, 0.717) is 0 Å². The topological polar surface area (TPSA) is 145 Å². The molecule has 0 aromatic carbocycles. The molecule has 0 fully saturated rings. The summed E-state index contributed by atoms with van der Waals surface area (Å²) in [6.07, 6.45) is 1.34. The number of hydrogen-bond acceptors (Lipinski definition) is 7. The predicted octanol–water partition coefficient (Wildman–Crippen LogP) is -1.05. The lowest BCUT2D eigenvalue weighted by Gasteiger charge is -2.12. The van der Waals surface area contributed by atoms with E-state index in [1.807, 2.05) is 0 Å². The number of nitro groups is 1. The lowest BCUT2D eigenvalue weighted by Crippen LogP contribution is -2.35. The molecule has 0 aliphatic heterocycles. The summed E-state index contributed by atoms with van der Waals surface area (Å²) in [5.74, 6) is -0.205. The summed E-state index contributed by atoms with van der Waals surface area (Å²) in [6, 6.07) is 0. The van der Waals surface area contributed by atoms with Crippen molar-refractivity contribution < 1.29 is 14.8 Å². The zero-order valence-corrected chi connectivity index (χ0v) is 12.4. The first-order valence-electron chi connectivity index (χ1n) is 6.55. The molecule has 124 valence electrons. The van der Waals surface area contributed by atoms with E-state index >= 15 is 0 Å². The highest BCUT2D eigenvalue weighted by atomic mass is 16.6. The Bertz CT molecular complexity index is 835. The standard InChI is InChI=1S/C12H15N5O6/c1-7-13-10(17(21)22)5-16(7)9-4-15(3-8(18)6-23-2)12(20)14-11(9)19/h4-5,8,18H,3,6H2,1-2H3,(H,14,19,20). The molecule has 0 bridgehead atoms. The molecule has 2 N–H and O–H groups in total. The molecule has 2 heterocycles. The quantitative estimate of drug-likeness (QED) is 0.509. The van der Waals surface area contributed by atoms with Crippen LogP contribution in [0.3, 0.4) is 0 Å². The first-order valence-corrected chi connectivity index (χ1v) is 6.55. The van der Waals surface area contributed by atoms with Crippen LogP contribution in [0.5, 0.6) is 0 Å².